The third-order valence-corrected chi connectivity index (χ3v) is 2.69. The number of likely N-dealkylation sites (N-methyl/N-ethyl adjacent to an activating group) is 1. The lowest BCUT2D eigenvalue weighted by Crippen LogP contribution is -2.33. The molecule has 0 aromatic heterocycles. The van der Waals surface area contributed by atoms with Gasteiger partial charge in [-0.15, -0.1) is 0 Å². The maximum atomic E-state index is 10.9. The molecule has 0 bridgehead atoms. The highest BCUT2D eigenvalue weighted by atomic mass is 16.2. The van der Waals surface area contributed by atoms with E-state index >= 15 is 0 Å². The Morgan fingerprint density at radius 3 is 2.35 bits per heavy atom. The van der Waals surface area contributed by atoms with Gasteiger partial charge in [0.05, 0.1) is 0 Å². The largest absolute Gasteiger partial charge is 0.308 e. The minimum Gasteiger partial charge on any atom is -0.308 e. The third kappa shape index (κ3) is 10.2. The van der Waals surface area contributed by atoms with E-state index in [9.17, 15) is 4.79 Å². The molecule has 0 aliphatic carbocycles. The first-order chi connectivity index (χ1) is 8.10. The molecule has 0 saturated heterocycles. The summed E-state index contributed by atoms with van der Waals surface area (Å²) in [7, 11) is 4.19. The van der Waals surface area contributed by atoms with E-state index in [-0.39, 0.29) is 5.91 Å². The minimum absolute atomic E-state index is 0.0691. The highest BCUT2D eigenvalue weighted by Gasteiger charge is 2.05. The summed E-state index contributed by atoms with van der Waals surface area (Å²) in [5.41, 5.74) is 2.16. The van der Waals surface area contributed by atoms with Gasteiger partial charge in [0.25, 0.3) is 0 Å². The van der Waals surface area contributed by atoms with Gasteiger partial charge in [-0.25, -0.2) is 5.84 Å². The highest BCUT2D eigenvalue weighted by molar-refractivity contribution is 5.75. The van der Waals surface area contributed by atoms with Gasteiger partial charge in [-0.05, 0) is 46.4 Å². The Morgan fingerprint density at radius 2 is 1.82 bits per heavy atom. The van der Waals surface area contributed by atoms with Gasteiger partial charge in [0, 0.05) is 19.5 Å². The first kappa shape index (κ1) is 16.4. The van der Waals surface area contributed by atoms with Crippen LogP contribution in [0.4, 0.5) is 0 Å². The van der Waals surface area contributed by atoms with Gasteiger partial charge in [-0.1, -0.05) is 6.92 Å². The lowest BCUT2D eigenvalue weighted by molar-refractivity contribution is -0.121. The lowest BCUT2D eigenvalue weighted by Gasteiger charge is -2.23. The molecule has 1 amide bonds. The Hall–Kier alpha value is -0.650. The molecular formula is C12H28N4O. The number of unbranched alkanes of at least 4 members (excludes halogenated alkanes) is 1. The lowest BCUT2D eigenvalue weighted by atomic mass is 10.2. The summed E-state index contributed by atoms with van der Waals surface area (Å²) in [4.78, 5) is 15.6. The summed E-state index contributed by atoms with van der Waals surface area (Å²) in [5.74, 6) is 4.96. The second-order valence-electron chi connectivity index (χ2n) is 4.67. The summed E-state index contributed by atoms with van der Waals surface area (Å²) in [6.07, 6.45) is 3.67. The molecule has 0 radical (unpaired) electrons. The molecule has 0 aliphatic heterocycles. The molecule has 3 N–H and O–H groups in total. The Bertz CT molecular complexity index is 197. The number of hydrogen-bond acceptors (Lipinski definition) is 4. The summed E-state index contributed by atoms with van der Waals surface area (Å²) in [6.45, 7) is 6.59. The van der Waals surface area contributed by atoms with Gasteiger partial charge in [-0.2, -0.15) is 0 Å². The predicted octanol–water partition coefficient (Wildman–Crippen LogP) is 0.420. The van der Waals surface area contributed by atoms with Crippen molar-refractivity contribution in [3.8, 4) is 0 Å². The summed E-state index contributed by atoms with van der Waals surface area (Å²) in [6, 6.07) is 0. The summed E-state index contributed by atoms with van der Waals surface area (Å²) in [5, 5.41) is 0. The number of amides is 1. The molecule has 0 rings (SSSR count). The molecule has 5 nitrogen and oxygen atoms in total. The van der Waals surface area contributed by atoms with Crippen molar-refractivity contribution in [1.82, 2.24) is 15.2 Å². The molecule has 0 fully saturated rings. The standard InChI is InChI=1S/C12H28N4O/c1-4-8-16(11-10-15(2)3)9-6-5-7-12(17)14-13/h4-11,13H2,1-3H3,(H,14,17). The Kier molecular flexibility index (Phi) is 10.1. The Labute approximate surface area is 105 Å². The van der Waals surface area contributed by atoms with E-state index in [1.54, 1.807) is 0 Å². The van der Waals surface area contributed by atoms with Crippen LogP contribution in [0.15, 0.2) is 0 Å². The molecule has 102 valence electrons. The van der Waals surface area contributed by atoms with Crippen LogP contribution < -0.4 is 11.3 Å². The predicted molar refractivity (Wildman–Crippen MR) is 71.5 cm³/mol. The molecule has 0 aromatic carbocycles. The van der Waals surface area contributed by atoms with Crippen LogP contribution in [0, 0.1) is 0 Å². The zero-order chi connectivity index (χ0) is 13.1. The quantitative estimate of drug-likeness (QED) is 0.253. The maximum absolute atomic E-state index is 10.9. The topological polar surface area (TPSA) is 61.6 Å². The van der Waals surface area contributed by atoms with Gasteiger partial charge < -0.3 is 9.80 Å². The van der Waals surface area contributed by atoms with Gasteiger partial charge in [-0.3, -0.25) is 10.2 Å². The van der Waals surface area contributed by atoms with E-state index in [1.165, 1.54) is 6.42 Å². The van der Waals surface area contributed by atoms with Crippen LogP contribution in [-0.2, 0) is 4.79 Å². The van der Waals surface area contributed by atoms with Crippen LogP contribution in [0.5, 0.6) is 0 Å². The number of nitrogens with two attached hydrogens (primary N) is 1. The fourth-order valence-electron chi connectivity index (χ4n) is 1.69. The Balaban J connectivity index is 3.65. The summed E-state index contributed by atoms with van der Waals surface area (Å²) >= 11 is 0. The number of hydrogen-bond donors (Lipinski definition) is 2. The molecule has 0 aromatic rings. The zero-order valence-corrected chi connectivity index (χ0v) is 11.5. The van der Waals surface area contributed by atoms with E-state index in [0.29, 0.717) is 6.42 Å². The normalized spacial score (nSPS) is 11.2. The number of nitrogens with zero attached hydrogens (tertiary/aromatic N) is 2. The van der Waals surface area contributed by atoms with Crippen molar-refractivity contribution in [3.05, 3.63) is 0 Å². The van der Waals surface area contributed by atoms with E-state index < -0.39 is 0 Å². The number of rotatable bonds is 10. The van der Waals surface area contributed by atoms with E-state index in [2.05, 4.69) is 36.2 Å². The molecule has 0 heterocycles. The number of carbonyl (C=O) groups excluding carboxylic acids is 1. The fraction of sp³-hybridized carbons (Fsp3) is 0.917. The molecule has 0 atom stereocenters. The SMILES string of the molecule is CCCN(CCCCC(=O)NN)CCN(C)C. The molecule has 5 heteroatoms. The second-order valence-corrected chi connectivity index (χ2v) is 4.67. The second kappa shape index (κ2) is 10.5. The van der Waals surface area contributed by atoms with Crippen LogP contribution in [0.1, 0.15) is 32.6 Å². The van der Waals surface area contributed by atoms with Crippen molar-refractivity contribution in [2.24, 2.45) is 5.84 Å². The van der Waals surface area contributed by atoms with Crippen LogP contribution in [-0.4, -0.2) is 56.0 Å². The maximum Gasteiger partial charge on any atom is 0.233 e. The van der Waals surface area contributed by atoms with Gasteiger partial charge in [0.1, 0.15) is 0 Å². The van der Waals surface area contributed by atoms with Crippen molar-refractivity contribution in [1.29, 1.82) is 0 Å². The molecule has 0 saturated carbocycles. The summed E-state index contributed by atoms with van der Waals surface area (Å²) < 4.78 is 0. The average Bonchev–Trinajstić information content (AvgIpc) is 2.30. The van der Waals surface area contributed by atoms with Crippen LogP contribution in [0.3, 0.4) is 0 Å². The van der Waals surface area contributed by atoms with Gasteiger partial charge in [0.15, 0.2) is 0 Å². The minimum atomic E-state index is -0.0691. The highest BCUT2D eigenvalue weighted by Crippen LogP contribution is 2.00. The third-order valence-electron chi connectivity index (χ3n) is 2.69. The molecule has 17 heavy (non-hydrogen) atoms. The van der Waals surface area contributed by atoms with Crippen LogP contribution in [0.2, 0.25) is 0 Å². The van der Waals surface area contributed by atoms with E-state index in [0.717, 1.165) is 39.0 Å². The van der Waals surface area contributed by atoms with E-state index in [1.807, 2.05) is 0 Å². The van der Waals surface area contributed by atoms with Gasteiger partial charge in [0.2, 0.25) is 5.91 Å². The Morgan fingerprint density at radius 1 is 1.12 bits per heavy atom. The molecule has 0 unspecified atom stereocenters. The molecular weight excluding hydrogens is 216 g/mol. The smallest absolute Gasteiger partial charge is 0.233 e. The zero-order valence-electron chi connectivity index (χ0n) is 11.5. The number of hydrazine groups is 1. The van der Waals surface area contributed by atoms with Crippen molar-refractivity contribution in [2.45, 2.75) is 32.6 Å². The van der Waals surface area contributed by atoms with Crippen molar-refractivity contribution in [3.63, 3.8) is 0 Å². The average molecular weight is 244 g/mol. The first-order valence-electron chi connectivity index (χ1n) is 6.46. The number of nitrogens with one attached hydrogen (secondary N) is 1. The van der Waals surface area contributed by atoms with Crippen molar-refractivity contribution < 1.29 is 4.79 Å². The molecule has 0 aliphatic rings. The van der Waals surface area contributed by atoms with Crippen LogP contribution >= 0.6 is 0 Å². The first-order valence-corrected chi connectivity index (χ1v) is 6.46. The van der Waals surface area contributed by atoms with Crippen LogP contribution in [0.25, 0.3) is 0 Å². The van der Waals surface area contributed by atoms with Crippen molar-refractivity contribution >= 4 is 5.91 Å². The fourth-order valence-corrected chi connectivity index (χ4v) is 1.69. The van der Waals surface area contributed by atoms with E-state index in [4.69, 9.17) is 5.84 Å². The molecule has 0 spiro atoms. The van der Waals surface area contributed by atoms with Gasteiger partial charge >= 0.3 is 0 Å². The van der Waals surface area contributed by atoms with Crippen molar-refractivity contribution in [2.75, 3.05) is 40.3 Å². The number of carbonyl (C=O) groups is 1. The monoisotopic (exact) mass is 244 g/mol.